The molecule has 0 spiro atoms. The van der Waals surface area contributed by atoms with Gasteiger partial charge in [0, 0.05) is 23.9 Å². The maximum Gasteiger partial charge on any atom is 0.270 e. The second-order valence-electron chi connectivity index (χ2n) is 4.52. The minimum atomic E-state index is -0.537. The zero-order valence-corrected chi connectivity index (χ0v) is 12.7. The van der Waals surface area contributed by atoms with E-state index in [-0.39, 0.29) is 11.3 Å². The van der Waals surface area contributed by atoms with E-state index in [0.717, 1.165) is 0 Å². The van der Waals surface area contributed by atoms with Gasteiger partial charge in [-0.25, -0.2) is 0 Å². The van der Waals surface area contributed by atoms with Gasteiger partial charge in [-0.05, 0) is 25.1 Å². The van der Waals surface area contributed by atoms with Crippen LogP contribution in [0.2, 0.25) is 0 Å². The first kappa shape index (κ1) is 16.1. The molecule has 0 radical (unpaired) electrons. The molecule has 0 aliphatic heterocycles. The van der Waals surface area contributed by atoms with Crippen LogP contribution in [0.25, 0.3) is 0 Å². The van der Waals surface area contributed by atoms with E-state index in [2.05, 4.69) is 5.32 Å². The van der Waals surface area contributed by atoms with Crippen molar-refractivity contribution in [3.05, 3.63) is 52.1 Å². The Morgan fingerprint density at radius 2 is 2.04 bits per heavy atom. The minimum absolute atomic E-state index is 0.128. The number of ether oxygens (including phenoxy) is 2. The molecular weight excluding hydrogens is 298 g/mol. The summed E-state index contributed by atoms with van der Waals surface area (Å²) in [5.74, 6) is 1.17. The van der Waals surface area contributed by atoms with Gasteiger partial charge < -0.3 is 14.8 Å². The SMILES string of the molecule is CCOc1ccc(Nc2ccc([N+](=O)[O-])cc2C#N)cc1OC. The van der Waals surface area contributed by atoms with Crippen molar-refractivity contribution >= 4 is 17.1 Å². The Bertz CT molecular complexity index is 768. The summed E-state index contributed by atoms with van der Waals surface area (Å²) >= 11 is 0. The Morgan fingerprint density at radius 1 is 1.26 bits per heavy atom. The average Bonchev–Trinajstić information content (AvgIpc) is 2.56. The molecule has 0 aliphatic rings. The van der Waals surface area contributed by atoms with Crippen molar-refractivity contribution in [3.63, 3.8) is 0 Å². The summed E-state index contributed by atoms with van der Waals surface area (Å²) in [6, 6.07) is 11.3. The van der Waals surface area contributed by atoms with E-state index < -0.39 is 4.92 Å². The van der Waals surface area contributed by atoms with Gasteiger partial charge in [0.1, 0.15) is 6.07 Å². The van der Waals surface area contributed by atoms with Gasteiger partial charge in [-0.15, -0.1) is 0 Å². The number of hydrogen-bond acceptors (Lipinski definition) is 6. The van der Waals surface area contributed by atoms with Crippen LogP contribution < -0.4 is 14.8 Å². The lowest BCUT2D eigenvalue weighted by Gasteiger charge is -2.13. The molecule has 0 aromatic heterocycles. The molecule has 2 aromatic carbocycles. The molecule has 0 unspecified atom stereocenters. The van der Waals surface area contributed by atoms with Gasteiger partial charge in [0.25, 0.3) is 5.69 Å². The molecule has 0 bridgehead atoms. The van der Waals surface area contributed by atoms with Crippen molar-refractivity contribution in [2.75, 3.05) is 19.0 Å². The Kier molecular flexibility index (Phi) is 5.00. The van der Waals surface area contributed by atoms with E-state index >= 15 is 0 Å². The molecule has 0 aliphatic carbocycles. The monoisotopic (exact) mass is 313 g/mol. The smallest absolute Gasteiger partial charge is 0.270 e. The number of nitrogens with zero attached hydrogens (tertiary/aromatic N) is 2. The average molecular weight is 313 g/mol. The fourth-order valence-electron chi connectivity index (χ4n) is 2.02. The minimum Gasteiger partial charge on any atom is -0.493 e. The molecule has 0 saturated heterocycles. The molecule has 23 heavy (non-hydrogen) atoms. The fraction of sp³-hybridized carbons (Fsp3) is 0.188. The number of nitro groups is 1. The Morgan fingerprint density at radius 3 is 2.65 bits per heavy atom. The van der Waals surface area contributed by atoms with Crippen molar-refractivity contribution in [1.82, 2.24) is 0 Å². The number of nitrogens with one attached hydrogen (secondary N) is 1. The van der Waals surface area contributed by atoms with Gasteiger partial charge in [0.15, 0.2) is 11.5 Å². The van der Waals surface area contributed by atoms with Gasteiger partial charge in [-0.1, -0.05) is 0 Å². The lowest BCUT2D eigenvalue weighted by molar-refractivity contribution is -0.384. The highest BCUT2D eigenvalue weighted by Gasteiger charge is 2.12. The Balaban J connectivity index is 2.32. The maximum absolute atomic E-state index is 10.8. The first-order chi connectivity index (χ1) is 11.1. The van der Waals surface area contributed by atoms with Crippen LogP contribution in [0.15, 0.2) is 36.4 Å². The van der Waals surface area contributed by atoms with Crippen LogP contribution in [-0.2, 0) is 0 Å². The highest BCUT2D eigenvalue weighted by Crippen LogP contribution is 2.32. The lowest BCUT2D eigenvalue weighted by atomic mass is 10.1. The van der Waals surface area contributed by atoms with Crippen LogP contribution in [0.5, 0.6) is 11.5 Å². The van der Waals surface area contributed by atoms with Crippen molar-refractivity contribution in [1.29, 1.82) is 5.26 Å². The first-order valence-electron chi connectivity index (χ1n) is 6.85. The second-order valence-corrected chi connectivity index (χ2v) is 4.52. The predicted octanol–water partition coefficient (Wildman–Crippen LogP) is 3.62. The summed E-state index contributed by atoms with van der Waals surface area (Å²) in [7, 11) is 1.54. The van der Waals surface area contributed by atoms with E-state index in [1.54, 1.807) is 18.2 Å². The van der Waals surface area contributed by atoms with Crippen molar-refractivity contribution < 1.29 is 14.4 Å². The number of nitro benzene ring substituents is 1. The normalized spacial score (nSPS) is 9.78. The molecule has 7 nitrogen and oxygen atoms in total. The van der Waals surface area contributed by atoms with Crippen LogP contribution in [0.4, 0.5) is 17.1 Å². The van der Waals surface area contributed by atoms with Crippen molar-refractivity contribution in [3.8, 4) is 17.6 Å². The van der Waals surface area contributed by atoms with Gasteiger partial charge in [-0.3, -0.25) is 10.1 Å². The van der Waals surface area contributed by atoms with Crippen molar-refractivity contribution in [2.45, 2.75) is 6.92 Å². The van der Waals surface area contributed by atoms with Crippen LogP contribution in [0.1, 0.15) is 12.5 Å². The van der Waals surface area contributed by atoms with Crippen LogP contribution in [-0.4, -0.2) is 18.6 Å². The largest absolute Gasteiger partial charge is 0.493 e. The van der Waals surface area contributed by atoms with Crippen LogP contribution >= 0.6 is 0 Å². The summed E-state index contributed by atoms with van der Waals surface area (Å²) in [4.78, 5) is 10.2. The fourth-order valence-corrected chi connectivity index (χ4v) is 2.02. The number of benzene rings is 2. The first-order valence-corrected chi connectivity index (χ1v) is 6.85. The summed E-state index contributed by atoms with van der Waals surface area (Å²) in [6.45, 7) is 2.39. The molecular formula is C16H15N3O4. The number of nitriles is 1. The molecule has 0 saturated carbocycles. The van der Waals surface area contributed by atoms with E-state index in [1.807, 2.05) is 13.0 Å². The molecule has 1 N–H and O–H groups in total. The molecule has 7 heteroatoms. The summed E-state index contributed by atoms with van der Waals surface area (Å²) < 4.78 is 10.7. The molecule has 0 heterocycles. The Hall–Kier alpha value is -3.27. The third-order valence-corrected chi connectivity index (χ3v) is 3.08. The molecule has 2 rings (SSSR count). The lowest BCUT2D eigenvalue weighted by Crippen LogP contribution is -1.98. The van der Waals surface area contributed by atoms with E-state index in [4.69, 9.17) is 14.7 Å². The number of non-ortho nitro benzene ring substituents is 1. The summed E-state index contributed by atoms with van der Waals surface area (Å²) in [6.07, 6.45) is 0. The zero-order chi connectivity index (χ0) is 16.8. The summed E-state index contributed by atoms with van der Waals surface area (Å²) in [5.41, 5.74) is 1.21. The standard InChI is InChI=1S/C16H15N3O4/c1-3-23-15-7-4-12(9-16(15)22-2)18-14-6-5-13(19(20)21)8-11(14)10-17/h4-9,18H,3H2,1-2H3. The number of methoxy groups -OCH3 is 1. The number of rotatable bonds is 6. The van der Waals surface area contributed by atoms with Gasteiger partial charge in [-0.2, -0.15) is 5.26 Å². The van der Waals surface area contributed by atoms with Gasteiger partial charge in [0.05, 0.1) is 29.9 Å². The molecule has 0 atom stereocenters. The van der Waals surface area contributed by atoms with Crippen molar-refractivity contribution in [2.24, 2.45) is 0 Å². The second kappa shape index (κ2) is 7.13. The third kappa shape index (κ3) is 3.68. The van der Waals surface area contributed by atoms with Crippen LogP contribution in [0, 0.1) is 21.4 Å². The number of anilines is 2. The third-order valence-electron chi connectivity index (χ3n) is 3.08. The van der Waals surface area contributed by atoms with Gasteiger partial charge >= 0.3 is 0 Å². The predicted molar refractivity (Wildman–Crippen MR) is 85.3 cm³/mol. The number of hydrogen-bond donors (Lipinski definition) is 1. The highest BCUT2D eigenvalue weighted by molar-refractivity contribution is 5.70. The molecule has 118 valence electrons. The van der Waals surface area contributed by atoms with E-state index in [0.29, 0.717) is 29.5 Å². The summed E-state index contributed by atoms with van der Waals surface area (Å²) in [5, 5.41) is 23.0. The van der Waals surface area contributed by atoms with Gasteiger partial charge in [0.2, 0.25) is 0 Å². The van der Waals surface area contributed by atoms with Crippen LogP contribution in [0.3, 0.4) is 0 Å². The topological polar surface area (TPSA) is 97.4 Å². The molecule has 0 fully saturated rings. The highest BCUT2D eigenvalue weighted by atomic mass is 16.6. The zero-order valence-electron chi connectivity index (χ0n) is 12.7. The Labute approximate surface area is 133 Å². The van der Waals surface area contributed by atoms with E-state index in [9.17, 15) is 10.1 Å². The quantitative estimate of drug-likeness (QED) is 0.646. The van der Waals surface area contributed by atoms with E-state index in [1.165, 1.54) is 25.3 Å². The molecule has 2 aromatic rings. The molecule has 0 amide bonds. The maximum atomic E-state index is 10.8.